The first-order chi connectivity index (χ1) is 7.22. The summed E-state index contributed by atoms with van der Waals surface area (Å²) in [5, 5.41) is 3.22. The third kappa shape index (κ3) is 4.88. The van der Waals surface area contributed by atoms with Gasteiger partial charge in [-0.3, -0.25) is 4.79 Å². The molecule has 0 heterocycles. The van der Waals surface area contributed by atoms with Gasteiger partial charge in [-0.15, -0.1) is 11.8 Å². The number of nitrogens with one attached hydrogen (secondary N) is 1. The lowest BCUT2D eigenvalue weighted by atomic mass is 10.3. The molecule has 1 N–H and O–H groups in total. The van der Waals surface area contributed by atoms with Crippen LogP contribution in [-0.4, -0.2) is 18.1 Å². The molecule has 0 fully saturated rings. The maximum Gasteiger partial charge on any atom is 0.131 e. The molecule has 1 rings (SSSR count). The molecule has 0 aliphatic carbocycles. The van der Waals surface area contributed by atoms with Gasteiger partial charge in [0.05, 0.1) is 0 Å². The molecule has 1 aromatic rings. The van der Waals surface area contributed by atoms with Gasteiger partial charge in [-0.2, -0.15) is 0 Å². The zero-order valence-corrected chi connectivity index (χ0v) is 10.1. The molecule has 3 heteroatoms. The van der Waals surface area contributed by atoms with Crippen LogP contribution in [0.2, 0.25) is 0 Å². The van der Waals surface area contributed by atoms with E-state index >= 15 is 0 Å². The Labute approximate surface area is 95.5 Å². The summed E-state index contributed by atoms with van der Waals surface area (Å²) in [5.74, 6) is 1.32. The fourth-order valence-electron chi connectivity index (χ4n) is 1.22. The molecule has 15 heavy (non-hydrogen) atoms. The fraction of sp³-hybridized carbons (Fsp3) is 0.417. The molecule has 0 aromatic heterocycles. The van der Waals surface area contributed by atoms with Crippen LogP contribution in [0.4, 0.5) is 5.69 Å². The van der Waals surface area contributed by atoms with E-state index in [9.17, 15) is 4.79 Å². The molecule has 0 saturated heterocycles. The number of carbonyl (C=O) groups excluding carboxylic acids is 1. The first kappa shape index (κ1) is 12.1. The summed E-state index contributed by atoms with van der Waals surface area (Å²) in [6.07, 6.45) is 0.589. The number of benzene rings is 1. The molecule has 0 saturated carbocycles. The van der Waals surface area contributed by atoms with E-state index < -0.39 is 0 Å². The molecular formula is C12H17NOS. The van der Waals surface area contributed by atoms with Gasteiger partial charge in [0.1, 0.15) is 5.78 Å². The van der Waals surface area contributed by atoms with Crippen LogP contribution in [0.3, 0.4) is 0 Å². The number of thioether (sulfide) groups is 1. The van der Waals surface area contributed by atoms with Crippen molar-refractivity contribution in [2.75, 3.05) is 17.6 Å². The molecule has 0 bridgehead atoms. The highest BCUT2D eigenvalue weighted by Crippen LogP contribution is 2.19. The van der Waals surface area contributed by atoms with Crippen molar-refractivity contribution < 1.29 is 4.79 Å². The minimum absolute atomic E-state index is 0.223. The summed E-state index contributed by atoms with van der Waals surface area (Å²) in [6, 6.07) is 8.31. The van der Waals surface area contributed by atoms with Crippen molar-refractivity contribution in [3.63, 3.8) is 0 Å². The second-order valence-corrected chi connectivity index (χ2v) is 4.67. The van der Waals surface area contributed by atoms with Gasteiger partial charge in [-0.1, -0.05) is 6.92 Å². The van der Waals surface area contributed by atoms with Crippen LogP contribution >= 0.6 is 11.8 Å². The Morgan fingerprint density at radius 1 is 1.33 bits per heavy atom. The lowest BCUT2D eigenvalue weighted by Gasteiger charge is -2.05. The highest BCUT2D eigenvalue weighted by atomic mass is 32.2. The van der Waals surface area contributed by atoms with Crippen LogP contribution in [0.15, 0.2) is 29.2 Å². The molecule has 0 amide bonds. The predicted octanol–water partition coefficient (Wildman–Crippen LogP) is 3.19. The van der Waals surface area contributed by atoms with Crippen molar-refractivity contribution in [2.45, 2.75) is 25.2 Å². The Morgan fingerprint density at radius 2 is 2.00 bits per heavy atom. The quantitative estimate of drug-likeness (QED) is 0.751. The van der Waals surface area contributed by atoms with Gasteiger partial charge in [0, 0.05) is 23.5 Å². The van der Waals surface area contributed by atoms with E-state index in [4.69, 9.17) is 0 Å². The Kier molecular flexibility index (Phi) is 5.26. The summed E-state index contributed by atoms with van der Waals surface area (Å²) in [5.41, 5.74) is 1.08. The van der Waals surface area contributed by atoms with E-state index in [1.165, 1.54) is 4.90 Å². The first-order valence-corrected chi connectivity index (χ1v) is 6.17. The van der Waals surface area contributed by atoms with Crippen LogP contribution in [0.25, 0.3) is 0 Å². The molecule has 82 valence electrons. The summed E-state index contributed by atoms with van der Waals surface area (Å²) < 4.78 is 0. The van der Waals surface area contributed by atoms with Crippen molar-refractivity contribution in [1.82, 2.24) is 0 Å². The minimum Gasteiger partial charge on any atom is -0.385 e. The maximum atomic E-state index is 10.7. The van der Waals surface area contributed by atoms with E-state index in [1.54, 1.807) is 6.92 Å². The number of carbonyl (C=O) groups is 1. The third-order valence-electron chi connectivity index (χ3n) is 1.97. The molecule has 0 aliphatic heterocycles. The molecule has 0 aliphatic rings. The van der Waals surface area contributed by atoms with E-state index in [2.05, 4.69) is 36.5 Å². The first-order valence-electron chi connectivity index (χ1n) is 5.18. The predicted molar refractivity (Wildman–Crippen MR) is 66.6 cm³/mol. The average molecular weight is 223 g/mol. The zero-order valence-electron chi connectivity index (χ0n) is 9.25. The smallest absolute Gasteiger partial charge is 0.131 e. The lowest BCUT2D eigenvalue weighted by molar-refractivity contribution is -0.116. The monoisotopic (exact) mass is 223 g/mol. The molecule has 2 nitrogen and oxygen atoms in total. The molecular weight excluding hydrogens is 206 g/mol. The normalized spacial score (nSPS) is 10.0. The Morgan fingerprint density at radius 3 is 2.53 bits per heavy atom. The standard InChI is InChI=1S/C12H17NOS/c1-3-15-12-6-4-11(5-7-12)13-9-8-10(2)14/h4-7,13H,3,8-9H2,1-2H3. The number of ketones is 1. The minimum atomic E-state index is 0.223. The van der Waals surface area contributed by atoms with Gasteiger partial charge < -0.3 is 5.32 Å². The Hall–Kier alpha value is -0.960. The van der Waals surface area contributed by atoms with Crippen molar-refractivity contribution in [3.05, 3.63) is 24.3 Å². The van der Waals surface area contributed by atoms with E-state index in [0.717, 1.165) is 18.0 Å². The van der Waals surface area contributed by atoms with Crippen LogP contribution in [0.5, 0.6) is 0 Å². The van der Waals surface area contributed by atoms with E-state index in [-0.39, 0.29) is 5.78 Å². The Balaban J connectivity index is 2.39. The second kappa shape index (κ2) is 6.51. The number of rotatable bonds is 6. The molecule has 0 spiro atoms. The van der Waals surface area contributed by atoms with Crippen molar-refractivity contribution in [1.29, 1.82) is 0 Å². The number of hydrogen-bond acceptors (Lipinski definition) is 3. The number of Topliss-reactive ketones (excluding diaryl/α,β-unsaturated/α-hetero) is 1. The van der Waals surface area contributed by atoms with Gasteiger partial charge in [-0.25, -0.2) is 0 Å². The van der Waals surface area contributed by atoms with Crippen LogP contribution in [-0.2, 0) is 4.79 Å². The Bertz CT molecular complexity index is 308. The number of anilines is 1. The fourth-order valence-corrected chi connectivity index (χ4v) is 1.88. The van der Waals surface area contributed by atoms with Crippen molar-refractivity contribution >= 4 is 23.2 Å². The molecule has 0 unspecified atom stereocenters. The highest BCUT2D eigenvalue weighted by molar-refractivity contribution is 7.99. The van der Waals surface area contributed by atoms with Gasteiger partial charge in [0.25, 0.3) is 0 Å². The molecule has 0 radical (unpaired) electrons. The lowest BCUT2D eigenvalue weighted by Crippen LogP contribution is -2.05. The summed E-state index contributed by atoms with van der Waals surface area (Å²) >= 11 is 1.83. The summed E-state index contributed by atoms with van der Waals surface area (Å²) in [4.78, 5) is 12.0. The van der Waals surface area contributed by atoms with E-state index in [1.807, 2.05) is 11.8 Å². The van der Waals surface area contributed by atoms with Crippen LogP contribution in [0, 0.1) is 0 Å². The summed E-state index contributed by atoms with van der Waals surface area (Å²) in [7, 11) is 0. The largest absolute Gasteiger partial charge is 0.385 e. The SMILES string of the molecule is CCSc1ccc(NCCC(C)=O)cc1. The van der Waals surface area contributed by atoms with Crippen LogP contribution < -0.4 is 5.32 Å². The van der Waals surface area contributed by atoms with Crippen molar-refractivity contribution in [3.8, 4) is 0 Å². The zero-order chi connectivity index (χ0) is 11.1. The maximum absolute atomic E-state index is 10.7. The van der Waals surface area contributed by atoms with Crippen LogP contribution in [0.1, 0.15) is 20.3 Å². The van der Waals surface area contributed by atoms with Gasteiger partial charge in [0.15, 0.2) is 0 Å². The van der Waals surface area contributed by atoms with Gasteiger partial charge >= 0.3 is 0 Å². The second-order valence-electron chi connectivity index (χ2n) is 3.34. The van der Waals surface area contributed by atoms with E-state index in [0.29, 0.717) is 6.42 Å². The highest BCUT2D eigenvalue weighted by Gasteiger charge is 1.95. The average Bonchev–Trinajstić information content (AvgIpc) is 2.20. The molecule has 0 atom stereocenters. The van der Waals surface area contributed by atoms with Crippen molar-refractivity contribution in [2.24, 2.45) is 0 Å². The topological polar surface area (TPSA) is 29.1 Å². The van der Waals surface area contributed by atoms with Gasteiger partial charge in [0.2, 0.25) is 0 Å². The summed E-state index contributed by atoms with van der Waals surface area (Å²) in [6.45, 7) is 4.47. The third-order valence-corrected chi connectivity index (χ3v) is 2.87. The molecule has 1 aromatic carbocycles. The number of hydrogen-bond donors (Lipinski definition) is 1. The van der Waals surface area contributed by atoms with Gasteiger partial charge in [-0.05, 0) is 36.9 Å².